The molecular weight excluding hydrogens is 483 g/mol. The van der Waals surface area contributed by atoms with Gasteiger partial charge in [0.15, 0.2) is 0 Å². The van der Waals surface area contributed by atoms with Crippen molar-refractivity contribution in [1.82, 2.24) is 0 Å². The van der Waals surface area contributed by atoms with Crippen LogP contribution in [0.5, 0.6) is 5.75 Å². The van der Waals surface area contributed by atoms with Gasteiger partial charge in [0.05, 0.1) is 6.10 Å². The van der Waals surface area contributed by atoms with Gasteiger partial charge in [-0.3, -0.25) is 0 Å². The molecular formula is C35H49O2P. The van der Waals surface area contributed by atoms with Gasteiger partial charge in [0.1, 0.15) is 12.4 Å². The average Bonchev–Trinajstić information content (AvgIpc) is 2.85. The summed E-state index contributed by atoms with van der Waals surface area (Å²) in [5.41, 5.74) is 6.07. The van der Waals surface area contributed by atoms with Gasteiger partial charge in [0.2, 0.25) is 0 Å². The van der Waals surface area contributed by atoms with Crippen LogP contribution in [0, 0.1) is 0 Å². The van der Waals surface area contributed by atoms with Gasteiger partial charge in [-0.15, -0.1) is 0 Å². The summed E-state index contributed by atoms with van der Waals surface area (Å²) in [6.07, 6.45) is 2.86. The summed E-state index contributed by atoms with van der Waals surface area (Å²) in [5, 5.41) is 11.7. The molecule has 0 bridgehead atoms. The van der Waals surface area contributed by atoms with Gasteiger partial charge in [0.25, 0.3) is 0 Å². The van der Waals surface area contributed by atoms with Crippen molar-refractivity contribution in [2.75, 3.05) is 0 Å². The van der Waals surface area contributed by atoms with Crippen molar-refractivity contribution in [2.24, 2.45) is 0 Å². The van der Waals surface area contributed by atoms with Crippen LogP contribution in [-0.2, 0) is 22.6 Å². The molecule has 0 amide bonds. The van der Waals surface area contributed by atoms with E-state index in [0.717, 1.165) is 30.6 Å². The van der Waals surface area contributed by atoms with Gasteiger partial charge in [0, 0.05) is 16.3 Å². The molecule has 3 rings (SSSR count). The highest BCUT2D eigenvalue weighted by molar-refractivity contribution is 7.48. The quantitative estimate of drug-likeness (QED) is 0.264. The first-order chi connectivity index (χ1) is 17.8. The summed E-state index contributed by atoms with van der Waals surface area (Å²) in [6.45, 7) is 20.9. The third kappa shape index (κ3) is 7.49. The molecule has 38 heavy (non-hydrogen) atoms. The Morgan fingerprint density at radius 2 is 1.42 bits per heavy atom. The highest BCUT2D eigenvalue weighted by Crippen LogP contribution is 2.52. The Hall–Kier alpha value is -2.15. The van der Waals surface area contributed by atoms with Crippen molar-refractivity contribution < 1.29 is 9.84 Å². The number of unbranched alkanes of at least 4 members (excludes halogenated alkanes) is 1. The predicted octanol–water partition coefficient (Wildman–Crippen LogP) is 9.32. The fourth-order valence-electron chi connectivity index (χ4n) is 4.98. The van der Waals surface area contributed by atoms with Crippen molar-refractivity contribution in [2.45, 2.75) is 110 Å². The molecule has 0 spiro atoms. The van der Waals surface area contributed by atoms with Crippen LogP contribution >= 0.6 is 8.58 Å². The molecule has 0 radical (unpaired) electrons. The Labute approximate surface area is 234 Å². The SMILES string of the molecule is CCCCC(C)(Pc1ccccc1C(C)O)c1cc(C(C)(C)C)cc(C(C)(C)C)c1OCc1ccccc1. The van der Waals surface area contributed by atoms with E-state index in [0.29, 0.717) is 15.2 Å². The van der Waals surface area contributed by atoms with Crippen molar-refractivity contribution in [3.63, 3.8) is 0 Å². The van der Waals surface area contributed by atoms with E-state index in [1.807, 2.05) is 13.0 Å². The Bertz CT molecular complexity index is 1180. The highest BCUT2D eigenvalue weighted by atomic mass is 31.1. The van der Waals surface area contributed by atoms with Crippen LogP contribution in [0.3, 0.4) is 0 Å². The summed E-state index contributed by atoms with van der Waals surface area (Å²) >= 11 is 0. The van der Waals surface area contributed by atoms with Crippen LogP contribution in [0.1, 0.15) is 115 Å². The zero-order valence-electron chi connectivity index (χ0n) is 25.1. The smallest absolute Gasteiger partial charge is 0.127 e. The fourth-order valence-corrected chi connectivity index (χ4v) is 6.81. The summed E-state index contributed by atoms with van der Waals surface area (Å²) in [5.74, 6) is 1.04. The maximum Gasteiger partial charge on any atom is 0.127 e. The van der Waals surface area contributed by atoms with Crippen LogP contribution < -0.4 is 10.0 Å². The van der Waals surface area contributed by atoms with E-state index in [2.05, 4.69) is 116 Å². The zero-order chi connectivity index (χ0) is 28.1. The number of rotatable bonds is 10. The van der Waals surface area contributed by atoms with E-state index >= 15 is 0 Å². The lowest BCUT2D eigenvalue weighted by molar-refractivity contribution is 0.200. The molecule has 0 saturated heterocycles. The summed E-state index contributed by atoms with van der Waals surface area (Å²) < 4.78 is 6.85. The molecule has 0 aromatic heterocycles. The van der Waals surface area contributed by atoms with E-state index in [1.165, 1.54) is 27.6 Å². The third-order valence-electron chi connectivity index (χ3n) is 7.44. The maximum atomic E-state index is 10.6. The minimum atomic E-state index is -0.492. The minimum absolute atomic E-state index is 0.0129. The predicted molar refractivity (Wildman–Crippen MR) is 167 cm³/mol. The monoisotopic (exact) mass is 532 g/mol. The molecule has 3 atom stereocenters. The molecule has 0 heterocycles. The third-order valence-corrected chi connectivity index (χ3v) is 9.23. The number of hydrogen-bond acceptors (Lipinski definition) is 2. The molecule has 3 heteroatoms. The molecule has 0 aliphatic carbocycles. The Balaban J connectivity index is 2.28. The highest BCUT2D eigenvalue weighted by Gasteiger charge is 2.36. The van der Waals surface area contributed by atoms with Gasteiger partial charge in [-0.25, -0.2) is 0 Å². The lowest BCUT2D eigenvalue weighted by Crippen LogP contribution is -2.26. The molecule has 2 nitrogen and oxygen atoms in total. The first-order valence-corrected chi connectivity index (χ1v) is 15.2. The van der Waals surface area contributed by atoms with Crippen LogP contribution in [0.15, 0.2) is 66.7 Å². The van der Waals surface area contributed by atoms with E-state index in [9.17, 15) is 5.11 Å². The lowest BCUT2D eigenvalue weighted by Gasteiger charge is -2.37. The molecule has 3 aromatic carbocycles. The average molecular weight is 533 g/mol. The van der Waals surface area contributed by atoms with Gasteiger partial charge in [-0.1, -0.05) is 144 Å². The standard InChI is InChI=1S/C35H49O2P/c1-10-11-21-35(9,38-31-20-16-15-19-28(31)25(2)36)30-23-27(33(3,4)5)22-29(34(6,7)8)32(30)37-24-26-17-13-12-14-18-26/h12-20,22-23,25,36,38H,10-11,21,24H2,1-9H3. The summed E-state index contributed by atoms with van der Waals surface area (Å²) in [6, 6.07) is 23.7. The number of aliphatic hydroxyl groups is 1. The molecule has 3 unspecified atom stereocenters. The fraction of sp³-hybridized carbons (Fsp3) is 0.486. The van der Waals surface area contributed by atoms with E-state index in [-0.39, 0.29) is 16.0 Å². The van der Waals surface area contributed by atoms with E-state index in [4.69, 9.17) is 4.74 Å². The Morgan fingerprint density at radius 1 is 0.816 bits per heavy atom. The molecule has 3 aromatic rings. The molecule has 0 aliphatic heterocycles. The van der Waals surface area contributed by atoms with E-state index in [1.54, 1.807) is 0 Å². The number of hydrogen-bond donors (Lipinski definition) is 1. The van der Waals surface area contributed by atoms with Gasteiger partial charge < -0.3 is 9.84 Å². The van der Waals surface area contributed by atoms with Crippen molar-refractivity contribution in [3.05, 3.63) is 94.5 Å². The number of aliphatic hydroxyl groups excluding tert-OH is 1. The van der Waals surface area contributed by atoms with Crippen LogP contribution in [-0.4, -0.2) is 5.11 Å². The minimum Gasteiger partial charge on any atom is -0.488 e. The zero-order valence-corrected chi connectivity index (χ0v) is 26.1. The van der Waals surface area contributed by atoms with Crippen LogP contribution in [0.4, 0.5) is 0 Å². The van der Waals surface area contributed by atoms with Gasteiger partial charge in [-0.05, 0) is 46.2 Å². The molecule has 206 valence electrons. The van der Waals surface area contributed by atoms with Crippen molar-refractivity contribution in [1.29, 1.82) is 0 Å². The Morgan fingerprint density at radius 3 is 2.00 bits per heavy atom. The van der Waals surface area contributed by atoms with E-state index < -0.39 is 6.10 Å². The molecule has 1 N–H and O–H groups in total. The Kier molecular flexibility index (Phi) is 9.88. The van der Waals surface area contributed by atoms with Crippen molar-refractivity contribution >= 4 is 13.9 Å². The summed E-state index contributed by atoms with van der Waals surface area (Å²) in [4.78, 5) is 0. The number of ether oxygens (including phenoxy) is 1. The van der Waals surface area contributed by atoms with Gasteiger partial charge >= 0.3 is 0 Å². The van der Waals surface area contributed by atoms with Crippen molar-refractivity contribution in [3.8, 4) is 5.75 Å². The number of benzene rings is 3. The maximum absolute atomic E-state index is 10.6. The first-order valence-electron chi connectivity index (χ1n) is 14.2. The normalized spacial score (nSPS) is 15.0. The van der Waals surface area contributed by atoms with Crippen LogP contribution in [0.2, 0.25) is 0 Å². The second-order valence-electron chi connectivity index (χ2n) is 13.0. The van der Waals surface area contributed by atoms with Gasteiger partial charge in [-0.2, -0.15) is 0 Å². The largest absolute Gasteiger partial charge is 0.488 e. The second-order valence-corrected chi connectivity index (χ2v) is 14.9. The second kappa shape index (κ2) is 12.4. The molecule has 0 aliphatic rings. The summed E-state index contributed by atoms with van der Waals surface area (Å²) in [7, 11) is 0.514. The molecule has 0 fully saturated rings. The topological polar surface area (TPSA) is 29.5 Å². The van der Waals surface area contributed by atoms with Crippen LogP contribution in [0.25, 0.3) is 0 Å². The lowest BCUT2D eigenvalue weighted by atomic mass is 9.76. The first kappa shape index (κ1) is 30.4. The molecule has 0 saturated carbocycles.